The standard InChI is InChI=1S/C23H23FN2O3S/c1-16-9-12-19(13-10-16)30(28,29)26(22-14-17(2)8-11-18(22)3)15-23(27)25-21-7-5-4-6-20(21)24/h4-14H,15H2,1-3H3,(H,25,27). The lowest BCUT2D eigenvalue weighted by Gasteiger charge is -2.26. The van der Waals surface area contributed by atoms with Gasteiger partial charge < -0.3 is 5.32 Å². The van der Waals surface area contributed by atoms with Gasteiger partial charge in [-0.05, 0) is 62.2 Å². The molecule has 0 spiro atoms. The van der Waals surface area contributed by atoms with Gasteiger partial charge in [-0.1, -0.05) is 42.0 Å². The Morgan fingerprint density at radius 1 is 0.933 bits per heavy atom. The molecule has 0 bridgehead atoms. The highest BCUT2D eigenvalue weighted by Crippen LogP contribution is 2.28. The predicted molar refractivity (Wildman–Crippen MR) is 117 cm³/mol. The number of carbonyl (C=O) groups is 1. The molecule has 0 aliphatic rings. The maximum Gasteiger partial charge on any atom is 0.264 e. The molecule has 1 amide bonds. The van der Waals surface area contributed by atoms with Gasteiger partial charge in [0.25, 0.3) is 10.0 Å². The van der Waals surface area contributed by atoms with E-state index >= 15 is 0 Å². The number of amides is 1. The van der Waals surface area contributed by atoms with Crippen LogP contribution in [0.25, 0.3) is 0 Å². The average molecular weight is 427 g/mol. The summed E-state index contributed by atoms with van der Waals surface area (Å²) in [6, 6.07) is 17.6. The first-order valence-electron chi connectivity index (χ1n) is 9.39. The summed E-state index contributed by atoms with van der Waals surface area (Å²) in [5.41, 5.74) is 2.88. The Hall–Kier alpha value is -3.19. The topological polar surface area (TPSA) is 66.5 Å². The number of para-hydroxylation sites is 1. The van der Waals surface area contributed by atoms with E-state index in [-0.39, 0.29) is 10.6 Å². The van der Waals surface area contributed by atoms with Crippen LogP contribution in [-0.2, 0) is 14.8 Å². The zero-order valence-electron chi connectivity index (χ0n) is 17.0. The van der Waals surface area contributed by atoms with E-state index in [1.165, 1.54) is 30.3 Å². The van der Waals surface area contributed by atoms with Crippen molar-refractivity contribution in [2.75, 3.05) is 16.2 Å². The first kappa shape index (κ1) is 21.5. The van der Waals surface area contributed by atoms with Gasteiger partial charge in [-0.25, -0.2) is 12.8 Å². The largest absolute Gasteiger partial charge is 0.322 e. The number of sulfonamides is 1. The second kappa shape index (κ2) is 8.67. The highest BCUT2D eigenvalue weighted by Gasteiger charge is 2.28. The molecule has 0 aliphatic heterocycles. The first-order chi connectivity index (χ1) is 14.2. The van der Waals surface area contributed by atoms with Gasteiger partial charge in [0.15, 0.2) is 0 Å². The summed E-state index contributed by atoms with van der Waals surface area (Å²) in [6.45, 7) is 5.00. The lowest BCUT2D eigenvalue weighted by Crippen LogP contribution is -2.38. The van der Waals surface area contributed by atoms with Crippen LogP contribution in [-0.4, -0.2) is 20.9 Å². The minimum absolute atomic E-state index is 0.00357. The Bertz CT molecular complexity index is 1180. The second-order valence-corrected chi connectivity index (χ2v) is 9.01. The zero-order valence-corrected chi connectivity index (χ0v) is 17.8. The van der Waals surface area contributed by atoms with Crippen molar-refractivity contribution in [3.63, 3.8) is 0 Å². The Morgan fingerprint density at radius 2 is 1.57 bits per heavy atom. The van der Waals surface area contributed by atoms with Crippen LogP contribution in [0, 0.1) is 26.6 Å². The molecular formula is C23H23FN2O3S. The van der Waals surface area contributed by atoms with Crippen molar-refractivity contribution >= 4 is 27.3 Å². The summed E-state index contributed by atoms with van der Waals surface area (Å²) < 4.78 is 41.9. The third-order valence-corrected chi connectivity index (χ3v) is 6.45. The summed E-state index contributed by atoms with van der Waals surface area (Å²) in [5.74, 6) is -1.23. The molecular weight excluding hydrogens is 403 g/mol. The van der Waals surface area contributed by atoms with Crippen LogP contribution >= 0.6 is 0 Å². The fourth-order valence-corrected chi connectivity index (χ4v) is 4.49. The minimum atomic E-state index is -4.03. The second-order valence-electron chi connectivity index (χ2n) is 7.14. The van der Waals surface area contributed by atoms with Gasteiger partial charge in [-0.15, -0.1) is 0 Å². The van der Waals surface area contributed by atoms with Crippen molar-refractivity contribution in [2.45, 2.75) is 25.7 Å². The van der Waals surface area contributed by atoms with Crippen molar-refractivity contribution < 1.29 is 17.6 Å². The maximum atomic E-state index is 13.9. The van der Waals surface area contributed by atoms with Crippen LogP contribution in [0.3, 0.4) is 0 Å². The van der Waals surface area contributed by atoms with Crippen LogP contribution in [0.1, 0.15) is 16.7 Å². The number of hydrogen-bond acceptors (Lipinski definition) is 3. The molecule has 0 saturated heterocycles. The molecule has 0 fully saturated rings. The molecule has 0 heterocycles. The predicted octanol–water partition coefficient (Wildman–Crippen LogP) is 4.58. The fourth-order valence-electron chi connectivity index (χ4n) is 3.01. The van der Waals surface area contributed by atoms with Gasteiger partial charge in [0.1, 0.15) is 12.4 Å². The monoisotopic (exact) mass is 426 g/mol. The summed E-state index contributed by atoms with van der Waals surface area (Å²) in [6.07, 6.45) is 0. The molecule has 0 atom stereocenters. The van der Waals surface area contributed by atoms with Gasteiger partial charge in [0.05, 0.1) is 16.3 Å². The SMILES string of the molecule is Cc1ccc(S(=O)(=O)N(CC(=O)Nc2ccccc2F)c2cc(C)ccc2C)cc1. The van der Waals surface area contributed by atoms with Crippen molar-refractivity contribution in [3.8, 4) is 0 Å². The quantitative estimate of drug-likeness (QED) is 0.627. The van der Waals surface area contributed by atoms with Gasteiger partial charge >= 0.3 is 0 Å². The Labute approximate surface area is 176 Å². The lowest BCUT2D eigenvalue weighted by molar-refractivity contribution is -0.114. The number of benzene rings is 3. The molecule has 0 unspecified atom stereocenters. The van der Waals surface area contributed by atoms with Gasteiger partial charge in [0, 0.05) is 0 Å². The van der Waals surface area contributed by atoms with Crippen LogP contribution in [0.2, 0.25) is 0 Å². The minimum Gasteiger partial charge on any atom is -0.322 e. The number of halogens is 1. The summed E-state index contributed by atoms with van der Waals surface area (Å²) in [5, 5.41) is 2.46. The third-order valence-electron chi connectivity index (χ3n) is 4.68. The zero-order chi connectivity index (χ0) is 21.9. The Balaban J connectivity index is 2.01. The fraction of sp³-hybridized carbons (Fsp3) is 0.174. The summed E-state index contributed by atoms with van der Waals surface area (Å²) >= 11 is 0. The molecule has 0 aliphatic carbocycles. The van der Waals surface area contributed by atoms with Crippen LogP contribution < -0.4 is 9.62 Å². The van der Waals surface area contributed by atoms with E-state index < -0.39 is 28.3 Å². The van der Waals surface area contributed by atoms with Crippen LogP contribution in [0.4, 0.5) is 15.8 Å². The highest BCUT2D eigenvalue weighted by molar-refractivity contribution is 7.92. The molecule has 0 aromatic heterocycles. The van der Waals surface area contributed by atoms with Crippen molar-refractivity contribution in [1.29, 1.82) is 0 Å². The first-order valence-corrected chi connectivity index (χ1v) is 10.8. The van der Waals surface area contributed by atoms with Gasteiger partial charge in [0.2, 0.25) is 5.91 Å². The molecule has 3 rings (SSSR count). The van der Waals surface area contributed by atoms with E-state index in [0.29, 0.717) is 11.3 Å². The van der Waals surface area contributed by atoms with E-state index in [2.05, 4.69) is 5.32 Å². The summed E-state index contributed by atoms with van der Waals surface area (Å²) in [4.78, 5) is 12.8. The van der Waals surface area contributed by atoms with Crippen molar-refractivity contribution in [2.24, 2.45) is 0 Å². The number of aryl methyl sites for hydroxylation is 3. The Kier molecular flexibility index (Phi) is 6.22. The van der Waals surface area contributed by atoms with Crippen LogP contribution in [0.5, 0.6) is 0 Å². The number of hydrogen-bond donors (Lipinski definition) is 1. The number of nitrogens with one attached hydrogen (secondary N) is 1. The molecule has 0 saturated carbocycles. The van der Waals surface area contributed by atoms with Gasteiger partial charge in [-0.2, -0.15) is 0 Å². The molecule has 5 nitrogen and oxygen atoms in total. The third kappa shape index (κ3) is 4.68. The van der Waals surface area contributed by atoms with E-state index in [9.17, 15) is 17.6 Å². The normalized spacial score (nSPS) is 11.2. The molecule has 156 valence electrons. The van der Waals surface area contributed by atoms with Gasteiger partial charge in [-0.3, -0.25) is 9.10 Å². The number of anilines is 2. The van der Waals surface area contributed by atoms with Crippen molar-refractivity contribution in [3.05, 3.63) is 89.2 Å². The molecule has 1 N–H and O–H groups in total. The van der Waals surface area contributed by atoms with E-state index in [4.69, 9.17) is 0 Å². The van der Waals surface area contributed by atoms with E-state index in [1.54, 1.807) is 37.3 Å². The summed E-state index contributed by atoms with van der Waals surface area (Å²) in [7, 11) is -4.03. The van der Waals surface area contributed by atoms with E-state index in [1.807, 2.05) is 19.9 Å². The highest BCUT2D eigenvalue weighted by atomic mass is 32.2. The molecule has 3 aromatic rings. The smallest absolute Gasteiger partial charge is 0.264 e. The van der Waals surface area contributed by atoms with E-state index in [0.717, 1.165) is 15.4 Å². The number of rotatable bonds is 6. The van der Waals surface area contributed by atoms with Crippen molar-refractivity contribution in [1.82, 2.24) is 0 Å². The average Bonchev–Trinajstić information content (AvgIpc) is 2.70. The molecule has 30 heavy (non-hydrogen) atoms. The molecule has 3 aromatic carbocycles. The molecule has 7 heteroatoms. The number of nitrogens with zero attached hydrogens (tertiary/aromatic N) is 1. The maximum absolute atomic E-state index is 13.9. The molecule has 0 radical (unpaired) electrons. The lowest BCUT2D eigenvalue weighted by atomic mass is 10.1. The van der Waals surface area contributed by atoms with Crippen LogP contribution in [0.15, 0.2) is 71.6 Å². The number of carbonyl (C=O) groups excluding carboxylic acids is 1. The Morgan fingerprint density at radius 3 is 2.23 bits per heavy atom.